The number of nitrogens with zero attached hydrogens (tertiary/aromatic N) is 8. The summed E-state index contributed by atoms with van der Waals surface area (Å²) in [6.07, 6.45) is 8.30. The Morgan fingerprint density at radius 3 is 1.37 bits per heavy atom. The van der Waals surface area contributed by atoms with Crippen LogP contribution >= 0.6 is 0 Å². The number of benzene rings is 4. The number of ketones is 2. The van der Waals surface area contributed by atoms with Gasteiger partial charge in [-0.3, -0.25) is 19.2 Å². The minimum Gasteiger partial charge on any atom is -0.368 e. The third-order valence-electron chi connectivity index (χ3n) is 16.4. The SMILES string of the molecule is Cc1cc(C)nc(N2CCN(c3ccc(NC(=O)C(=O)c4c(-c5ccccc5)cc5n4CCCCC5)cc3)CC2)c1.Cc1cc(C)nc(N2CCN(c3ccc(NC(=O)C(=O)c4cc(-c5ccccc5)c5n4CCCCC5)cc3)CC2)c1. The van der Waals surface area contributed by atoms with Gasteiger partial charge in [-0.25, -0.2) is 9.97 Å². The molecule has 0 aliphatic carbocycles. The molecule has 4 aliphatic heterocycles. The Hall–Kier alpha value is -8.78. The van der Waals surface area contributed by atoms with E-state index in [1.807, 2.05) is 117 Å². The summed E-state index contributed by atoms with van der Waals surface area (Å²) in [7, 11) is 0. The minimum atomic E-state index is -0.602. The number of carbonyl (C=O) groups excluding carboxylic acids is 4. The van der Waals surface area contributed by atoms with E-state index in [9.17, 15) is 19.2 Å². The number of nitrogens with one attached hydrogen (secondary N) is 2. The minimum absolute atomic E-state index is 0.478. The van der Waals surface area contributed by atoms with Gasteiger partial charge in [0.2, 0.25) is 0 Å². The first-order valence-corrected chi connectivity index (χ1v) is 29.3. The van der Waals surface area contributed by atoms with E-state index in [0.29, 0.717) is 22.8 Å². The van der Waals surface area contributed by atoms with Gasteiger partial charge in [-0.2, -0.15) is 0 Å². The lowest BCUT2D eigenvalue weighted by molar-refractivity contribution is -0.113. The highest BCUT2D eigenvalue weighted by atomic mass is 16.2. The van der Waals surface area contributed by atoms with E-state index in [4.69, 9.17) is 9.97 Å². The molecule has 12 rings (SSSR count). The average Bonchev–Trinajstić information content (AvgIpc) is 3.85. The number of aryl methyl sites for hydroxylation is 5. The molecule has 0 bridgehead atoms. The average molecular weight is 1100 g/mol. The van der Waals surface area contributed by atoms with Crippen LogP contribution in [0.25, 0.3) is 22.3 Å². The van der Waals surface area contributed by atoms with Gasteiger partial charge in [-0.05, 0) is 173 Å². The summed E-state index contributed by atoms with van der Waals surface area (Å²) in [4.78, 5) is 72.3. The topological polar surface area (TPSA) is 141 Å². The molecule has 0 radical (unpaired) electrons. The van der Waals surface area contributed by atoms with Crippen LogP contribution in [0.5, 0.6) is 0 Å². The molecule has 0 atom stereocenters. The Morgan fingerprint density at radius 2 is 0.866 bits per heavy atom. The highest BCUT2D eigenvalue weighted by Crippen LogP contribution is 2.34. The van der Waals surface area contributed by atoms with E-state index in [2.05, 4.69) is 95.7 Å². The monoisotopic (exact) mass is 1090 g/mol. The number of rotatable bonds is 12. The van der Waals surface area contributed by atoms with Gasteiger partial charge in [0, 0.05) is 122 Å². The van der Waals surface area contributed by atoms with Crippen molar-refractivity contribution in [2.24, 2.45) is 0 Å². The summed E-state index contributed by atoms with van der Waals surface area (Å²) < 4.78 is 4.15. The van der Waals surface area contributed by atoms with E-state index in [-0.39, 0.29) is 0 Å². The molecular weight excluding hydrogens is 1020 g/mol. The molecule has 4 aliphatic rings. The lowest BCUT2D eigenvalue weighted by Crippen LogP contribution is -2.46. The van der Waals surface area contributed by atoms with Crippen molar-refractivity contribution in [3.8, 4) is 22.3 Å². The summed E-state index contributed by atoms with van der Waals surface area (Å²) in [6, 6.07) is 48.2. The number of piperazine rings is 2. The maximum Gasteiger partial charge on any atom is 0.298 e. The lowest BCUT2D eigenvalue weighted by atomic mass is 10.0. The Labute approximate surface area is 481 Å². The molecule has 420 valence electrons. The molecule has 82 heavy (non-hydrogen) atoms. The first-order valence-electron chi connectivity index (χ1n) is 29.3. The smallest absolute Gasteiger partial charge is 0.298 e. The first-order chi connectivity index (χ1) is 39.9. The predicted octanol–water partition coefficient (Wildman–Crippen LogP) is 12.1. The highest BCUT2D eigenvalue weighted by Gasteiger charge is 2.30. The Kier molecular flexibility index (Phi) is 16.8. The summed E-state index contributed by atoms with van der Waals surface area (Å²) in [5.74, 6) is -0.0975. The van der Waals surface area contributed by atoms with E-state index < -0.39 is 23.4 Å². The number of amides is 2. The Morgan fingerprint density at radius 1 is 0.415 bits per heavy atom. The molecule has 0 saturated carbocycles. The van der Waals surface area contributed by atoms with Gasteiger partial charge in [0.25, 0.3) is 23.4 Å². The van der Waals surface area contributed by atoms with Gasteiger partial charge in [-0.15, -0.1) is 0 Å². The van der Waals surface area contributed by atoms with Crippen LogP contribution in [0.1, 0.15) is 93.4 Å². The maximum absolute atomic E-state index is 13.6. The first kappa shape index (κ1) is 55.1. The quantitative estimate of drug-likeness (QED) is 0.0897. The molecule has 2 amide bonds. The van der Waals surface area contributed by atoms with Gasteiger partial charge >= 0.3 is 0 Å². The van der Waals surface area contributed by atoms with Crippen LogP contribution in [-0.2, 0) is 35.5 Å². The fraction of sp³-hybridized carbons (Fsp3) is 0.324. The van der Waals surface area contributed by atoms with Gasteiger partial charge in [0.15, 0.2) is 0 Å². The number of Topliss-reactive ketones (excluding diaryl/α,β-unsaturated/α-hetero) is 2. The molecule has 14 heteroatoms. The molecule has 2 fully saturated rings. The standard InChI is InChI=1S/2C34H37N5O2/c1-24-21-25(2)35-32(22-24)38-19-17-37(18-20-38)28-14-12-27(13-15-28)36-34(41)33(40)31-23-29(26-9-5-3-6-10-26)30-11-7-4-8-16-39(30)31;1-24-21-25(2)35-31(22-24)38-19-17-37(18-20-38)28-14-12-27(13-15-28)36-34(41)33(40)32-30(26-9-5-3-6-10-26)23-29-11-7-4-8-16-39(29)32/h2*3,5-6,9-10,12-15,21-23H,4,7-8,11,16-20H2,1-2H3,(H,36,41). The molecule has 2 saturated heterocycles. The molecule has 8 aromatic rings. The lowest BCUT2D eigenvalue weighted by Gasteiger charge is -2.37. The summed E-state index contributed by atoms with van der Waals surface area (Å²) >= 11 is 0. The highest BCUT2D eigenvalue weighted by molar-refractivity contribution is 6.47. The van der Waals surface area contributed by atoms with Gasteiger partial charge in [0.1, 0.15) is 17.3 Å². The molecule has 0 spiro atoms. The predicted molar refractivity (Wildman–Crippen MR) is 330 cm³/mol. The van der Waals surface area contributed by atoms with E-state index in [0.717, 1.165) is 185 Å². The van der Waals surface area contributed by atoms with Crippen molar-refractivity contribution >= 4 is 57.8 Å². The van der Waals surface area contributed by atoms with Crippen molar-refractivity contribution in [3.63, 3.8) is 0 Å². The van der Waals surface area contributed by atoms with Crippen molar-refractivity contribution in [1.29, 1.82) is 0 Å². The zero-order valence-electron chi connectivity index (χ0n) is 47.8. The number of carbonyl (C=O) groups is 4. The normalized spacial score (nSPS) is 15.3. The van der Waals surface area contributed by atoms with Gasteiger partial charge < -0.3 is 39.4 Å². The zero-order chi connectivity index (χ0) is 56.7. The van der Waals surface area contributed by atoms with Gasteiger partial charge in [0.05, 0.1) is 5.69 Å². The van der Waals surface area contributed by atoms with Crippen molar-refractivity contribution in [2.45, 2.75) is 92.2 Å². The largest absolute Gasteiger partial charge is 0.368 e. The van der Waals surface area contributed by atoms with Crippen molar-refractivity contribution in [2.75, 3.05) is 82.6 Å². The van der Waals surface area contributed by atoms with Crippen LogP contribution in [0, 0.1) is 27.7 Å². The van der Waals surface area contributed by atoms with E-state index in [1.165, 1.54) is 11.1 Å². The summed E-state index contributed by atoms with van der Waals surface area (Å²) in [5, 5.41) is 5.71. The van der Waals surface area contributed by atoms with E-state index >= 15 is 0 Å². The van der Waals surface area contributed by atoms with Crippen molar-refractivity contribution in [3.05, 3.63) is 191 Å². The third kappa shape index (κ3) is 12.6. The molecule has 8 heterocycles. The molecular formula is C68H74N10O4. The molecule has 4 aromatic carbocycles. The fourth-order valence-electron chi connectivity index (χ4n) is 12.3. The van der Waals surface area contributed by atoms with Crippen LogP contribution in [0.3, 0.4) is 0 Å². The second-order valence-electron chi connectivity index (χ2n) is 22.3. The van der Waals surface area contributed by atoms with E-state index in [1.54, 1.807) is 0 Å². The number of hydrogen-bond acceptors (Lipinski definition) is 10. The number of aromatic nitrogens is 4. The Bertz CT molecular complexity index is 3530. The summed E-state index contributed by atoms with van der Waals surface area (Å²) in [5.41, 5.74) is 15.2. The van der Waals surface area contributed by atoms with Crippen molar-refractivity contribution in [1.82, 2.24) is 19.1 Å². The number of hydrogen-bond donors (Lipinski definition) is 2. The van der Waals surface area contributed by atoms with Crippen LogP contribution in [0.4, 0.5) is 34.4 Å². The van der Waals surface area contributed by atoms with Crippen LogP contribution in [0.15, 0.2) is 146 Å². The molecule has 2 N–H and O–H groups in total. The second-order valence-corrected chi connectivity index (χ2v) is 22.3. The second kappa shape index (κ2) is 24.9. The summed E-state index contributed by atoms with van der Waals surface area (Å²) in [6.45, 7) is 17.0. The molecule has 0 unspecified atom stereocenters. The molecule has 4 aromatic heterocycles. The van der Waals surface area contributed by atoms with Crippen LogP contribution in [-0.4, -0.2) is 94.8 Å². The van der Waals surface area contributed by atoms with Gasteiger partial charge in [-0.1, -0.05) is 73.5 Å². The number of fused-ring (bicyclic) bond motifs is 2. The number of pyridine rings is 2. The maximum atomic E-state index is 13.6. The Balaban J connectivity index is 0.000000172. The van der Waals surface area contributed by atoms with Crippen molar-refractivity contribution < 1.29 is 19.2 Å². The third-order valence-corrected chi connectivity index (χ3v) is 16.4. The molecule has 14 nitrogen and oxygen atoms in total. The van der Waals surface area contributed by atoms with Crippen LogP contribution in [0.2, 0.25) is 0 Å². The number of anilines is 6. The zero-order valence-corrected chi connectivity index (χ0v) is 47.8. The fourth-order valence-corrected chi connectivity index (χ4v) is 12.3. The van der Waals surface area contributed by atoms with Crippen LogP contribution < -0.4 is 30.2 Å².